The molecule has 2 rings (SSSR count). The Morgan fingerprint density at radius 2 is 2.05 bits per heavy atom. The van der Waals surface area contributed by atoms with Crippen LogP contribution in [-0.2, 0) is 0 Å². The first-order valence-electron chi connectivity index (χ1n) is 7.03. The number of carbonyl (C=O) groups is 1. The summed E-state index contributed by atoms with van der Waals surface area (Å²) in [6.07, 6.45) is 3.76. The number of benzene rings is 1. The monoisotopic (exact) mass is 277 g/mol. The summed E-state index contributed by atoms with van der Waals surface area (Å²) in [4.78, 5) is 12.4. The van der Waals surface area contributed by atoms with E-state index in [0.29, 0.717) is 22.9 Å². The van der Waals surface area contributed by atoms with E-state index in [2.05, 4.69) is 12.2 Å². The van der Waals surface area contributed by atoms with E-state index in [1.165, 1.54) is 0 Å². The second kappa shape index (κ2) is 5.71. The number of aliphatic hydroxyl groups is 1. The van der Waals surface area contributed by atoms with E-state index in [-0.39, 0.29) is 12.5 Å². The Hall–Kier alpha value is -1.75. The molecule has 1 aromatic rings. The molecular formula is C15H23N3O2. The Labute approximate surface area is 119 Å². The van der Waals surface area contributed by atoms with Gasteiger partial charge in [0.05, 0.1) is 12.1 Å². The van der Waals surface area contributed by atoms with Gasteiger partial charge in [-0.15, -0.1) is 0 Å². The summed E-state index contributed by atoms with van der Waals surface area (Å²) >= 11 is 0. The highest BCUT2D eigenvalue weighted by Gasteiger charge is 2.35. The fourth-order valence-electron chi connectivity index (χ4n) is 3.08. The molecule has 1 aliphatic carbocycles. The molecule has 1 fully saturated rings. The van der Waals surface area contributed by atoms with Gasteiger partial charge in [0.25, 0.3) is 5.91 Å². The van der Waals surface area contributed by atoms with Crippen LogP contribution in [0.3, 0.4) is 0 Å². The first kappa shape index (κ1) is 14.7. The van der Waals surface area contributed by atoms with Crippen LogP contribution < -0.4 is 16.8 Å². The predicted octanol–water partition coefficient (Wildman–Crippen LogP) is 1.52. The first-order chi connectivity index (χ1) is 9.44. The van der Waals surface area contributed by atoms with Crippen LogP contribution in [0.5, 0.6) is 0 Å². The summed E-state index contributed by atoms with van der Waals surface area (Å²) < 4.78 is 0. The van der Waals surface area contributed by atoms with Crippen LogP contribution >= 0.6 is 0 Å². The molecule has 2 unspecified atom stereocenters. The molecular weight excluding hydrogens is 254 g/mol. The lowest BCUT2D eigenvalue weighted by Gasteiger charge is -2.39. The fraction of sp³-hybridized carbons (Fsp3) is 0.533. The smallest absolute Gasteiger partial charge is 0.251 e. The molecule has 5 heteroatoms. The van der Waals surface area contributed by atoms with Crippen LogP contribution in [0.4, 0.5) is 11.4 Å². The predicted molar refractivity (Wildman–Crippen MR) is 80.2 cm³/mol. The molecule has 2 atom stereocenters. The zero-order valence-corrected chi connectivity index (χ0v) is 11.9. The van der Waals surface area contributed by atoms with Crippen LogP contribution in [-0.4, -0.2) is 23.2 Å². The molecule has 6 N–H and O–H groups in total. The molecule has 0 bridgehead atoms. The van der Waals surface area contributed by atoms with Gasteiger partial charge < -0.3 is 21.9 Å². The van der Waals surface area contributed by atoms with Crippen molar-refractivity contribution in [2.75, 3.05) is 18.1 Å². The molecule has 0 radical (unpaired) electrons. The van der Waals surface area contributed by atoms with Crippen molar-refractivity contribution < 1.29 is 9.90 Å². The van der Waals surface area contributed by atoms with Crippen LogP contribution in [0.2, 0.25) is 0 Å². The van der Waals surface area contributed by atoms with Crippen molar-refractivity contribution in [2.45, 2.75) is 38.1 Å². The summed E-state index contributed by atoms with van der Waals surface area (Å²) in [7, 11) is 0. The van der Waals surface area contributed by atoms with Crippen molar-refractivity contribution in [3.63, 3.8) is 0 Å². The Morgan fingerprint density at radius 1 is 1.40 bits per heavy atom. The normalized spacial score (nSPS) is 26.2. The Morgan fingerprint density at radius 3 is 2.60 bits per heavy atom. The number of aliphatic hydroxyl groups excluding tert-OH is 1. The molecule has 1 aliphatic rings. The lowest BCUT2D eigenvalue weighted by molar-refractivity contribution is 0.0697. The number of carbonyl (C=O) groups excluding carboxylic acids is 1. The summed E-state index contributed by atoms with van der Waals surface area (Å²) in [6.45, 7) is 2.11. The van der Waals surface area contributed by atoms with E-state index in [4.69, 9.17) is 11.5 Å². The lowest BCUT2D eigenvalue weighted by Crippen LogP contribution is -2.53. The Balaban J connectivity index is 2.16. The third kappa shape index (κ3) is 3.22. The number of nitrogens with one attached hydrogen (secondary N) is 1. The molecule has 1 aromatic carbocycles. The van der Waals surface area contributed by atoms with Crippen LogP contribution in [0.1, 0.15) is 43.0 Å². The number of hydrogen-bond donors (Lipinski definition) is 4. The summed E-state index contributed by atoms with van der Waals surface area (Å²) in [6, 6.07) is 4.81. The standard InChI is InChI=1S/C15H23N3O2/c1-10-3-2-4-15(8-10,9-19)18-14(20)11-5-12(16)7-13(17)6-11/h5-7,10,19H,2-4,8-9,16-17H2,1H3,(H,18,20). The molecule has 0 spiro atoms. The minimum absolute atomic E-state index is 0.0408. The van der Waals surface area contributed by atoms with Gasteiger partial charge in [0.1, 0.15) is 0 Å². The molecule has 0 heterocycles. The van der Waals surface area contributed by atoms with Gasteiger partial charge in [0.2, 0.25) is 0 Å². The van der Waals surface area contributed by atoms with Gasteiger partial charge >= 0.3 is 0 Å². The highest BCUT2D eigenvalue weighted by atomic mass is 16.3. The maximum atomic E-state index is 12.4. The number of hydrogen-bond acceptors (Lipinski definition) is 4. The zero-order chi connectivity index (χ0) is 14.8. The average Bonchev–Trinajstić information content (AvgIpc) is 2.37. The molecule has 110 valence electrons. The van der Waals surface area contributed by atoms with Gasteiger partial charge in [0, 0.05) is 16.9 Å². The van der Waals surface area contributed by atoms with Gasteiger partial charge in [-0.25, -0.2) is 0 Å². The van der Waals surface area contributed by atoms with Crippen molar-refractivity contribution in [1.82, 2.24) is 5.32 Å². The van der Waals surface area contributed by atoms with Gasteiger partial charge in [-0.05, 0) is 37.0 Å². The first-order valence-corrected chi connectivity index (χ1v) is 7.03. The van der Waals surface area contributed by atoms with Gasteiger partial charge in [-0.1, -0.05) is 19.8 Å². The molecule has 1 amide bonds. The molecule has 0 aliphatic heterocycles. The third-order valence-electron chi connectivity index (χ3n) is 4.01. The number of nitrogen functional groups attached to an aromatic ring is 2. The Bertz CT molecular complexity index is 484. The van der Waals surface area contributed by atoms with E-state index in [0.717, 1.165) is 25.7 Å². The molecule has 1 saturated carbocycles. The van der Waals surface area contributed by atoms with Gasteiger partial charge in [-0.2, -0.15) is 0 Å². The lowest BCUT2D eigenvalue weighted by atomic mass is 9.76. The summed E-state index contributed by atoms with van der Waals surface area (Å²) in [5.41, 5.74) is 12.3. The van der Waals surface area contributed by atoms with Gasteiger partial charge in [-0.3, -0.25) is 4.79 Å². The highest BCUT2D eigenvalue weighted by molar-refractivity contribution is 5.96. The van der Waals surface area contributed by atoms with Crippen LogP contribution in [0.25, 0.3) is 0 Å². The van der Waals surface area contributed by atoms with E-state index >= 15 is 0 Å². The van der Waals surface area contributed by atoms with Crippen molar-refractivity contribution in [3.8, 4) is 0 Å². The molecule has 0 saturated heterocycles. The number of amides is 1. The largest absolute Gasteiger partial charge is 0.399 e. The number of anilines is 2. The van der Waals surface area contributed by atoms with E-state index in [9.17, 15) is 9.90 Å². The summed E-state index contributed by atoms with van der Waals surface area (Å²) in [5.74, 6) is 0.272. The van der Waals surface area contributed by atoms with Crippen molar-refractivity contribution in [3.05, 3.63) is 23.8 Å². The fourth-order valence-corrected chi connectivity index (χ4v) is 3.08. The SMILES string of the molecule is CC1CCCC(CO)(NC(=O)c2cc(N)cc(N)c2)C1. The summed E-state index contributed by atoms with van der Waals surface area (Å²) in [5, 5.41) is 12.7. The molecule has 0 aromatic heterocycles. The Kier molecular flexibility index (Phi) is 4.18. The maximum absolute atomic E-state index is 12.4. The number of rotatable bonds is 3. The third-order valence-corrected chi connectivity index (χ3v) is 4.01. The maximum Gasteiger partial charge on any atom is 0.251 e. The van der Waals surface area contributed by atoms with E-state index in [1.54, 1.807) is 18.2 Å². The second-order valence-electron chi connectivity index (χ2n) is 5.98. The van der Waals surface area contributed by atoms with E-state index in [1.807, 2.05) is 0 Å². The minimum Gasteiger partial charge on any atom is -0.399 e. The van der Waals surface area contributed by atoms with Crippen molar-refractivity contribution in [2.24, 2.45) is 5.92 Å². The van der Waals surface area contributed by atoms with Gasteiger partial charge in [0.15, 0.2) is 0 Å². The average molecular weight is 277 g/mol. The van der Waals surface area contributed by atoms with E-state index < -0.39 is 5.54 Å². The molecule has 20 heavy (non-hydrogen) atoms. The second-order valence-corrected chi connectivity index (χ2v) is 5.98. The molecule has 5 nitrogen and oxygen atoms in total. The highest BCUT2D eigenvalue weighted by Crippen LogP contribution is 2.32. The quantitative estimate of drug-likeness (QED) is 0.629. The number of nitrogens with two attached hydrogens (primary N) is 2. The van der Waals surface area contributed by atoms with Crippen molar-refractivity contribution in [1.29, 1.82) is 0 Å². The zero-order valence-electron chi connectivity index (χ0n) is 11.9. The van der Waals surface area contributed by atoms with Crippen LogP contribution in [0, 0.1) is 5.92 Å². The van der Waals surface area contributed by atoms with Crippen LogP contribution in [0.15, 0.2) is 18.2 Å². The topological polar surface area (TPSA) is 101 Å². The minimum atomic E-state index is -0.520. The van der Waals surface area contributed by atoms with Crippen molar-refractivity contribution >= 4 is 17.3 Å².